The molecule has 16 heavy (non-hydrogen) atoms. The first-order valence-electron chi connectivity index (χ1n) is 4.59. The highest BCUT2D eigenvalue weighted by Gasteiger charge is 2.19. The number of nitrogens with zero attached hydrogens (tertiary/aromatic N) is 1. The predicted molar refractivity (Wildman–Crippen MR) is 69.8 cm³/mol. The van der Waals surface area contributed by atoms with Gasteiger partial charge in [-0.25, -0.2) is 0 Å². The van der Waals surface area contributed by atoms with Gasteiger partial charge in [0.15, 0.2) is 0 Å². The summed E-state index contributed by atoms with van der Waals surface area (Å²) in [6, 6.07) is 5.34. The van der Waals surface area contributed by atoms with Crippen LogP contribution in [-0.4, -0.2) is 19.3 Å². The van der Waals surface area contributed by atoms with E-state index in [1.165, 1.54) is 11.8 Å². The first-order valence-corrected chi connectivity index (χ1v) is 7.43. The quantitative estimate of drug-likeness (QED) is 0.481. The Morgan fingerprint density at radius 3 is 2.75 bits per heavy atom. The topological polar surface area (TPSA) is 46.5 Å². The minimum atomic E-state index is -3.70. The van der Waals surface area contributed by atoms with Gasteiger partial charge in [0.2, 0.25) is 0 Å². The van der Waals surface area contributed by atoms with Crippen molar-refractivity contribution in [3.05, 3.63) is 23.8 Å². The maximum absolute atomic E-state index is 11.8. The molecule has 86 valence electrons. The molecule has 0 bridgehead atoms. The molecule has 0 amide bonds. The second-order valence-corrected chi connectivity index (χ2v) is 6.02. The molecule has 0 fully saturated rings. The van der Waals surface area contributed by atoms with E-state index in [4.69, 9.17) is 0 Å². The average Bonchev–Trinajstić information content (AvgIpc) is 2.17. The largest absolute Gasteiger partial charge is 0.292 e. The number of rotatable bonds is 4. The molecule has 0 aliphatic rings. The van der Waals surface area contributed by atoms with Crippen molar-refractivity contribution in [2.24, 2.45) is 4.40 Å². The molecule has 0 aliphatic carbocycles. The number of benzene rings is 1. The monoisotopic (exact) mass is 273 g/mol. The molecular weight excluding hydrogens is 262 g/mol. The van der Waals surface area contributed by atoms with Gasteiger partial charge in [-0.1, -0.05) is 19.1 Å². The Morgan fingerprint density at radius 1 is 1.50 bits per heavy atom. The highest BCUT2D eigenvalue weighted by molar-refractivity contribution is 8.00. The Balaban J connectivity index is 3.47. The van der Waals surface area contributed by atoms with Gasteiger partial charge >= 0.3 is 0 Å². The molecule has 0 unspecified atom stereocenters. The lowest BCUT2D eigenvalue weighted by Gasteiger charge is -2.08. The van der Waals surface area contributed by atoms with Crippen molar-refractivity contribution in [1.29, 1.82) is 0 Å². The molecule has 0 atom stereocenters. The van der Waals surface area contributed by atoms with Crippen molar-refractivity contribution in [1.82, 2.24) is 0 Å². The molecule has 0 aromatic heterocycles. The van der Waals surface area contributed by atoms with Crippen LogP contribution in [0.25, 0.3) is 0 Å². The molecule has 1 aromatic rings. The minimum Gasteiger partial charge on any atom is -0.199 e. The fourth-order valence-electron chi connectivity index (χ4n) is 1.32. The Bertz CT molecular complexity index is 531. The third-order valence-electron chi connectivity index (χ3n) is 1.89. The fraction of sp³-hybridized carbons (Fsp3) is 0.300. The number of aryl methyl sites for hydroxylation is 1. The summed E-state index contributed by atoms with van der Waals surface area (Å²) in [7, 11) is -3.70. The van der Waals surface area contributed by atoms with Crippen LogP contribution in [0.4, 0.5) is 0 Å². The Hall–Kier alpha value is -0.680. The summed E-state index contributed by atoms with van der Waals surface area (Å²) in [4.78, 5) is 0.940. The van der Waals surface area contributed by atoms with Gasteiger partial charge in [-0.3, -0.25) is 0 Å². The molecule has 0 N–H and O–H groups in total. The van der Waals surface area contributed by atoms with E-state index in [2.05, 4.69) is 16.6 Å². The second-order valence-electron chi connectivity index (χ2n) is 2.99. The molecule has 3 nitrogen and oxygen atoms in total. The molecule has 0 radical (unpaired) electrons. The summed E-state index contributed by atoms with van der Waals surface area (Å²) in [6.07, 6.45) is 0. The van der Waals surface area contributed by atoms with E-state index in [0.29, 0.717) is 10.5 Å². The van der Waals surface area contributed by atoms with Crippen LogP contribution in [0.2, 0.25) is 0 Å². The first kappa shape index (κ1) is 13.4. The lowest BCUT2D eigenvalue weighted by molar-refractivity contribution is 0.595. The van der Waals surface area contributed by atoms with E-state index in [1.807, 2.05) is 18.2 Å². The third-order valence-corrected chi connectivity index (χ3v) is 4.56. The van der Waals surface area contributed by atoms with Gasteiger partial charge in [0.1, 0.15) is 4.90 Å². The lowest BCUT2D eigenvalue weighted by Crippen LogP contribution is -2.01. The molecule has 0 saturated carbocycles. The summed E-state index contributed by atoms with van der Waals surface area (Å²) in [5, 5.41) is 1.91. The van der Waals surface area contributed by atoms with E-state index in [1.54, 1.807) is 19.1 Å². The van der Waals surface area contributed by atoms with Gasteiger partial charge in [-0.05, 0) is 36.5 Å². The summed E-state index contributed by atoms with van der Waals surface area (Å²) >= 11 is 5.82. The van der Waals surface area contributed by atoms with E-state index in [-0.39, 0.29) is 4.90 Å². The van der Waals surface area contributed by atoms with Crippen LogP contribution in [0, 0.1) is 6.92 Å². The smallest absolute Gasteiger partial charge is 0.199 e. The summed E-state index contributed by atoms with van der Waals surface area (Å²) < 4.78 is 26.9. The molecular formula is C10H11NO2S3. The van der Waals surface area contributed by atoms with Gasteiger partial charge in [-0.15, -0.1) is 16.2 Å². The van der Waals surface area contributed by atoms with Crippen molar-refractivity contribution in [3.63, 3.8) is 0 Å². The summed E-state index contributed by atoms with van der Waals surface area (Å²) in [6.45, 7) is 3.71. The maximum Gasteiger partial charge on any atom is 0.292 e. The van der Waals surface area contributed by atoms with E-state index >= 15 is 0 Å². The van der Waals surface area contributed by atoms with Crippen molar-refractivity contribution in [3.8, 4) is 0 Å². The van der Waals surface area contributed by atoms with Crippen molar-refractivity contribution >= 4 is 39.2 Å². The van der Waals surface area contributed by atoms with Crippen LogP contribution >= 0.6 is 24.0 Å². The van der Waals surface area contributed by atoms with Gasteiger partial charge < -0.3 is 0 Å². The van der Waals surface area contributed by atoms with Gasteiger partial charge in [-0.2, -0.15) is 8.42 Å². The number of thioether (sulfide) groups is 1. The molecule has 0 spiro atoms. The number of thiocarbonyl (C=S) groups is 1. The highest BCUT2D eigenvalue weighted by atomic mass is 32.2. The zero-order chi connectivity index (χ0) is 12.2. The van der Waals surface area contributed by atoms with Crippen LogP contribution in [0.3, 0.4) is 0 Å². The SMILES string of the molecule is CCSc1cccc(C)c1S(=O)(=O)N=C=S. The van der Waals surface area contributed by atoms with Crippen LogP contribution < -0.4 is 0 Å². The highest BCUT2D eigenvalue weighted by Crippen LogP contribution is 2.30. The lowest BCUT2D eigenvalue weighted by atomic mass is 10.2. The Morgan fingerprint density at radius 2 is 2.19 bits per heavy atom. The van der Waals surface area contributed by atoms with Gasteiger partial charge in [0.25, 0.3) is 10.0 Å². The molecule has 6 heteroatoms. The van der Waals surface area contributed by atoms with Crippen LogP contribution in [0.15, 0.2) is 32.4 Å². The van der Waals surface area contributed by atoms with Crippen LogP contribution in [0.1, 0.15) is 12.5 Å². The average molecular weight is 273 g/mol. The Kier molecular flexibility index (Phi) is 4.68. The fourth-order valence-corrected chi connectivity index (χ4v) is 3.87. The van der Waals surface area contributed by atoms with Gasteiger partial charge in [0, 0.05) is 4.90 Å². The molecule has 0 saturated heterocycles. The van der Waals surface area contributed by atoms with Crippen molar-refractivity contribution in [2.45, 2.75) is 23.6 Å². The third kappa shape index (κ3) is 2.92. The van der Waals surface area contributed by atoms with E-state index in [0.717, 1.165) is 5.75 Å². The molecule has 0 aliphatic heterocycles. The predicted octanol–water partition coefficient (Wildman–Crippen LogP) is 2.90. The van der Waals surface area contributed by atoms with Crippen LogP contribution in [-0.2, 0) is 10.0 Å². The first-order chi connectivity index (χ1) is 7.53. The summed E-state index contributed by atoms with van der Waals surface area (Å²) in [5.74, 6) is 0.799. The number of hydrogen-bond donors (Lipinski definition) is 0. The Labute approximate surface area is 105 Å². The number of hydrogen-bond acceptors (Lipinski definition) is 4. The second kappa shape index (κ2) is 5.59. The van der Waals surface area contributed by atoms with E-state index in [9.17, 15) is 8.42 Å². The summed E-state index contributed by atoms with van der Waals surface area (Å²) in [5.41, 5.74) is 0.674. The van der Waals surface area contributed by atoms with Crippen molar-refractivity contribution < 1.29 is 8.42 Å². The van der Waals surface area contributed by atoms with Crippen molar-refractivity contribution in [2.75, 3.05) is 5.75 Å². The zero-order valence-corrected chi connectivity index (χ0v) is 11.4. The molecule has 0 heterocycles. The molecule has 1 aromatic carbocycles. The normalized spacial score (nSPS) is 10.9. The standard InChI is InChI=1S/C10H11NO2S3/c1-3-15-9-6-4-5-8(2)10(9)16(12,13)11-7-14/h4-6H,3H2,1-2H3. The maximum atomic E-state index is 11.8. The number of isothiocyanates is 1. The number of sulfonamides is 1. The van der Waals surface area contributed by atoms with Gasteiger partial charge in [0.05, 0.1) is 5.16 Å². The van der Waals surface area contributed by atoms with E-state index < -0.39 is 10.0 Å². The molecule has 1 rings (SSSR count). The minimum absolute atomic E-state index is 0.235. The van der Waals surface area contributed by atoms with Crippen LogP contribution in [0.5, 0.6) is 0 Å². The zero-order valence-electron chi connectivity index (χ0n) is 8.93.